The predicted molar refractivity (Wildman–Crippen MR) is 48.8 cm³/mol. The Morgan fingerprint density at radius 3 is 2.64 bits per heavy atom. The first-order chi connectivity index (χ1) is 6.50. The van der Waals surface area contributed by atoms with E-state index in [1.807, 2.05) is 5.10 Å². The van der Waals surface area contributed by atoms with Gasteiger partial charge in [0.25, 0.3) is 0 Å². The van der Waals surface area contributed by atoms with Crippen LogP contribution in [0.15, 0.2) is 22.7 Å². The van der Waals surface area contributed by atoms with Crippen molar-refractivity contribution in [3.8, 4) is 0 Å². The van der Waals surface area contributed by atoms with Gasteiger partial charge in [-0.1, -0.05) is 12.1 Å². The smallest absolute Gasteiger partial charge is 0.272 e. The number of nitrogens with zero attached hydrogens (tertiary/aromatic N) is 1. The monoisotopic (exact) mass is 264 g/mol. The molecule has 0 saturated carbocycles. The standard InChI is InChI=1S/C8H4BrF3N2/c9-5-3-1-2-4-6(5)13-14-7(4)8(10,11)12/h1-3H,(H,13,14). The van der Waals surface area contributed by atoms with Gasteiger partial charge in [0.15, 0.2) is 0 Å². The summed E-state index contributed by atoms with van der Waals surface area (Å²) < 4.78 is 37.7. The number of para-hydroxylation sites is 1. The molecule has 2 rings (SSSR count). The average molecular weight is 265 g/mol. The van der Waals surface area contributed by atoms with Crippen LogP contribution in [0.4, 0.5) is 13.2 Å². The number of alkyl halides is 3. The number of H-pyrrole nitrogens is 1. The Kier molecular flexibility index (Phi) is 2.02. The van der Waals surface area contributed by atoms with E-state index in [2.05, 4.69) is 21.0 Å². The van der Waals surface area contributed by atoms with Crippen LogP contribution in [0.3, 0.4) is 0 Å². The lowest BCUT2D eigenvalue weighted by Gasteiger charge is -2.02. The number of rotatable bonds is 0. The summed E-state index contributed by atoms with van der Waals surface area (Å²) in [6.07, 6.45) is -4.39. The lowest BCUT2D eigenvalue weighted by Crippen LogP contribution is -2.05. The molecule has 2 nitrogen and oxygen atoms in total. The predicted octanol–water partition coefficient (Wildman–Crippen LogP) is 3.34. The topological polar surface area (TPSA) is 28.7 Å². The van der Waals surface area contributed by atoms with E-state index in [0.29, 0.717) is 9.99 Å². The molecule has 1 aromatic carbocycles. The molecule has 0 unspecified atom stereocenters. The first-order valence-corrected chi connectivity index (χ1v) is 4.49. The second-order valence-electron chi connectivity index (χ2n) is 2.73. The molecule has 0 spiro atoms. The highest BCUT2D eigenvalue weighted by atomic mass is 79.9. The third-order valence-corrected chi connectivity index (χ3v) is 2.46. The molecule has 74 valence electrons. The lowest BCUT2D eigenvalue weighted by molar-refractivity contribution is -0.139. The summed E-state index contributed by atoms with van der Waals surface area (Å²) in [6, 6.07) is 4.56. The van der Waals surface area contributed by atoms with Crippen molar-refractivity contribution in [3.05, 3.63) is 28.4 Å². The molecule has 0 aliphatic carbocycles. The van der Waals surface area contributed by atoms with E-state index < -0.39 is 11.9 Å². The van der Waals surface area contributed by atoms with E-state index in [-0.39, 0.29) is 5.39 Å². The van der Waals surface area contributed by atoms with Gasteiger partial charge in [-0.3, -0.25) is 5.10 Å². The molecule has 0 aliphatic heterocycles. The average Bonchev–Trinajstić information content (AvgIpc) is 2.47. The van der Waals surface area contributed by atoms with Gasteiger partial charge < -0.3 is 0 Å². The van der Waals surface area contributed by atoms with Gasteiger partial charge in [-0.25, -0.2) is 0 Å². The van der Waals surface area contributed by atoms with E-state index in [4.69, 9.17) is 0 Å². The van der Waals surface area contributed by atoms with Gasteiger partial charge >= 0.3 is 6.18 Å². The number of fused-ring (bicyclic) bond motifs is 1. The van der Waals surface area contributed by atoms with Crippen molar-refractivity contribution in [3.63, 3.8) is 0 Å². The Labute approximate surface area is 85.2 Å². The number of hydrogen-bond acceptors (Lipinski definition) is 1. The highest BCUT2D eigenvalue weighted by molar-refractivity contribution is 9.10. The summed E-state index contributed by atoms with van der Waals surface area (Å²) in [5.74, 6) is 0. The van der Waals surface area contributed by atoms with Crippen molar-refractivity contribution in [1.82, 2.24) is 10.2 Å². The molecule has 1 N–H and O–H groups in total. The van der Waals surface area contributed by atoms with Crippen LogP contribution in [0.25, 0.3) is 10.9 Å². The maximum atomic E-state index is 12.4. The minimum Gasteiger partial charge on any atom is -0.272 e. The zero-order chi connectivity index (χ0) is 10.3. The quantitative estimate of drug-likeness (QED) is 0.777. The highest BCUT2D eigenvalue weighted by Gasteiger charge is 2.35. The van der Waals surface area contributed by atoms with Crippen LogP contribution in [0.5, 0.6) is 0 Å². The zero-order valence-corrected chi connectivity index (χ0v) is 8.28. The van der Waals surface area contributed by atoms with Gasteiger partial charge in [0.1, 0.15) is 11.2 Å². The van der Waals surface area contributed by atoms with Gasteiger partial charge in [0, 0.05) is 9.86 Å². The van der Waals surface area contributed by atoms with Crippen molar-refractivity contribution in [1.29, 1.82) is 0 Å². The minimum absolute atomic E-state index is 0.0758. The van der Waals surface area contributed by atoms with Crippen LogP contribution in [0, 0.1) is 0 Å². The fourth-order valence-electron chi connectivity index (χ4n) is 1.22. The third kappa shape index (κ3) is 1.39. The van der Waals surface area contributed by atoms with Gasteiger partial charge in [-0.05, 0) is 22.0 Å². The van der Waals surface area contributed by atoms with Crippen molar-refractivity contribution < 1.29 is 13.2 Å². The Morgan fingerprint density at radius 2 is 2.00 bits per heavy atom. The van der Waals surface area contributed by atoms with Gasteiger partial charge in [0.05, 0.1) is 0 Å². The summed E-state index contributed by atoms with van der Waals surface area (Å²) >= 11 is 3.13. The van der Waals surface area contributed by atoms with Crippen molar-refractivity contribution in [2.75, 3.05) is 0 Å². The Balaban J connectivity index is 2.76. The number of nitrogens with one attached hydrogen (secondary N) is 1. The van der Waals surface area contributed by atoms with E-state index >= 15 is 0 Å². The summed E-state index contributed by atoms with van der Waals surface area (Å²) in [6.45, 7) is 0. The van der Waals surface area contributed by atoms with Crippen molar-refractivity contribution >= 4 is 26.8 Å². The molecular formula is C8H4BrF3N2. The summed E-state index contributed by atoms with van der Waals surface area (Å²) in [5, 5.41) is 5.66. The molecule has 2 aromatic rings. The highest BCUT2D eigenvalue weighted by Crippen LogP contribution is 2.34. The molecule has 14 heavy (non-hydrogen) atoms. The first-order valence-electron chi connectivity index (χ1n) is 3.70. The Bertz CT molecular complexity index is 475. The van der Waals surface area contributed by atoms with E-state index in [1.165, 1.54) is 12.1 Å². The number of halogens is 4. The summed E-state index contributed by atoms with van der Waals surface area (Å²) in [7, 11) is 0. The van der Waals surface area contributed by atoms with E-state index in [1.54, 1.807) is 6.07 Å². The lowest BCUT2D eigenvalue weighted by atomic mass is 10.2. The van der Waals surface area contributed by atoms with Gasteiger partial charge in [-0.15, -0.1) is 0 Å². The summed E-state index contributed by atoms with van der Waals surface area (Å²) in [4.78, 5) is 0. The minimum atomic E-state index is -4.39. The Hall–Kier alpha value is -1.04. The summed E-state index contributed by atoms with van der Waals surface area (Å²) in [5.41, 5.74) is -0.520. The van der Waals surface area contributed by atoms with E-state index in [0.717, 1.165) is 0 Å². The van der Waals surface area contributed by atoms with Crippen LogP contribution < -0.4 is 0 Å². The molecule has 1 heterocycles. The van der Waals surface area contributed by atoms with Crippen LogP contribution in [0.1, 0.15) is 5.69 Å². The molecule has 0 atom stereocenters. The number of aromatic nitrogens is 2. The van der Waals surface area contributed by atoms with Crippen LogP contribution in [0.2, 0.25) is 0 Å². The fraction of sp³-hybridized carbons (Fsp3) is 0.125. The number of aromatic amines is 1. The van der Waals surface area contributed by atoms with E-state index in [9.17, 15) is 13.2 Å². The van der Waals surface area contributed by atoms with Crippen molar-refractivity contribution in [2.24, 2.45) is 0 Å². The third-order valence-electron chi connectivity index (χ3n) is 1.82. The number of hydrogen-bond donors (Lipinski definition) is 1. The molecule has 0 fully saturated rings. The SMILES string of the molecule is FC(F)(F)c1[nH]nc2c(Br)cccc12. The molecule has 0 amide bonds. The van der Waals surface area contributed by atoms with Gasteiger partial charge in [-0.2, -0.15) is 18.3 Å². The van der Waals surface area contributed by atoms with Crippen molar-refractivity contribution in [2.45, 2.75) is 6.18 Å². The maximum Gasteiger partial charge on any atom is 0.433 e. The molecule has 0 bridgehead atoms. The molecular weight excluding hydrogens is 261 g/mol. The van der Waals surface area contributed by atoms with Gasteiger partial charge in [0.2, 0.25) is 0 Å². The Morgan fingerprint density at radius 1 is 1.29 bits per heavy atom. The normalized spacial score (nSPS) is 12.3. The van der Waals surface area contributed by atoms with Crippen LogP contribution in [-0.2, 0) is 6.18 Å². The van der Waals surface area contributed by atoms with Crippen LogP contribution in [-0.4, -0.2) is 10.2 Å². The maximum absolute atomic E-state index is 12.4. The van der Waals surface area contributed by atoms with Crippen LogP contribution >= 0.6 is 15.9 Å². The fourth-order valence-corrected chi connectivity index (χ4v) is 1.67. The second-order valence-corrected chi connectivity index (χ2v) is 3.59. The molecule has 6 heteroatoms. The number of benzene rings is 1. The zero-order valence-electron chi connectivity index (χ0n) is 6.69. The molecule has 0 aliphatic rings. The molecule has 0 radical (unpaired) electrons. The second kappa shape index (κ2) is 2.98. The largest absolute Gasteiger partial charge is 0.433 e. The molecule has 0 saturated heterocycles. The molecule has 1 aromatic heterocycles. The first kappa shape index (κ1) is 9.51.